The van der Waals surface area contributed by atoms with E-state index >= 15 is 0 Å². The lowest BCUT2D eigenvalue weighted by Gasteiger charge is -2.12. The molecule has 1 nitrogen and oxygen atoms in total. The molecule has 1 heteroatoms. The van der Waals surface area contributed by atoms with Crippen LogP contribution in [0.25, 0.3) is 0 Å². The minimum Gasteiger partial charge on any atom is -0.396 e. The summed E-state index contributed by atoms with van der Waals surface area (Å²) in [5, 5.41) is 9.11. The first kappa shape index (κ1) is 13.2. The summed E-state index contributed by atoms with van der Waals surface area (Å²) in [5.74, 6) is 0.330. The molecule has 0 fully saturated rings. The molecule has 0 aliphatic carbocycles. The standard InChI is InChI=1S/C11H16O.C2H6/c1-2-6-11(9-12)10-7-4-3-5-8-10;1-2/h3-5,7-8,11-12H,2,6,9H2,1H3;1-2H3/t11-;/m1./s1. The predicted octanol–water partition coefficient (Wildman–Crippen LogP) is 3.59. The van der Waals surface area contributed by atoms with Gasteiger partial charge in [0.15, 0.2) is 0 Å². The highest BCUT2D eigenvalue weighted by atomic mass is 16.3. The average molecular weight is 194 g/mol. The van der Waals surface area contributed by atoms with Gasteiger partial charge in [0.05, 0.1) is 0 Å². The molecule has 0 saturated carbocycles. The lowest BCUT2D eigenvalue weighted by Crippen LogP contribution is -2.02. The summed E-state index contributed by atoms with van der Waals surface area (Å²) in [6, 6.07) is 10.2. The summed E-state index contributed by atoms with van der Waals surface area (Å²) in [7, 11) is 0. The van der Waals surface area contributed by atoms with Gasteiger partial charge < -0.3 is 5.11 Å². The summed E-state index contributed by atoms with van der Waals surface area (Å²) < 4.78 is 0. The molecule has 0 radical (unpaired) electrons. The van der Waals surface area contributed by atoms with Gasteiger partial charge in [0, 0.05) is 12.5 Å². The van der Waals surface area contributed by atoms with Crippen LogP contribution >= 0.6 is 0 Å². The zero-order valence-electron chi connectivity index (χ0n) is 9.53. The van der Waals surface area contributed by atoms with Crippen molar-refractivity contribution in [2.75, 3.05) is 6.61 Å². The van der Waals surface area contributed by atoms with Crippen LogP contribution in [0.3, 0.4) is 0 Å². The number of hydrogen-bond donors (Lipinski definition) is 1. The van der Waals surface area contributed by atoms with Crippen LogP contribution in [0.1, 0.15) is 45.1 Å². The van der Waals surface area contributed by atoms with Gasteiger partial charge in [-0.2, -0.15) is 0 Å². The second kappa shape index (κ2) is 8.76. The fourth-order valence-electron chi connectivity index (χ4n) is 1.44. The maximum atomic E-state index is 9.11. The second-order valence-corrected chi connectivity index (χ2v) is 3.08. The van der Waals surface area contributed by atoms with Crippen molar-refractivity contribution in [3.63, 3.8) is 0 Å². The zero-order chi connectivity index (χ0) is 10.8. The fraction of sp³-hybridized carbons (Fsp3) is 0.538. The molecule has 0 aliphatic heterocycles. The largest absolute Gasteiger partial charge is 0.396 e. The van der Waals surface area contributed by atoms with Crippen LogP contribution in [0, 0.1) is 0 Å². The molecule has 0 bridgehead atoms. The Morgan fingerprint density at radius 3 is 2.14 bits per heavy atom. The maximum absolute atomic E-state index is 9.11. The lowest BCUT2D eigenvalue weighted by atomic mass is 9.96. The second-order valence-electron chi connectivity index (χ2n) is 3.08. The van der Waals surface area contributed by atoms with Gasteiger partial charge in [0.25, 0.3) is 0 Å². The van der Waals surface area contributed by atoms with E-state index in [0.717, 1.165) is 12.8 Å². The van der Waals surface area contributed by atoms with Crippen molar-refractivity contribution in [1.82, 2.24) is 0 Å². The third-order valence-electron chi connectivity index (χ3n) is 2.13. The predicted molar refractivity (Wildman–Crippen MR) is 62.5 cm³/mol. The smallest absolute Gasteiger partial charge is 0.0499 e. The topological polar surface area (TPSA) is 20.2 Å². The highest BCUT2D eigenvalue weighted by Crippen LogP contribution is 2.19. The summed E-state index contributed by atoms with van der Waals surface area (Å²) in [6.45, 7) is 6.41. The zero-order valence-corrected chi connectivity index (χ0v) is 9.53. The quantitative estimate of drug-likeness (QED) is 0.776. The third-order valence-corrected chi connectivity index (χ3v) is 2.13. The monoisotopic (exact) mass is 194 g/mol. The van der Waals surface area contributed by atoms with E-state index < -0.39 is 0 Å². The van der Waals surface area contributed by atoms with Crippen LogP contribution in [-0.2, 0) is 0 Å². The van der Waals surface area contributed by atoms with Crippen LogP contribution in [0.15, 0.2) is 30.3 Å². The van der Waals surface area contributed by atoms with Crippen LogP contribution < -0.4 is 0 Å². The number of aliphatic hydroxyl groups excluding tert-OH is 1. The van der Waals surface area contributed by atoms with Crippen LogP contribution in [0.5, 0.6) is 0 Å². The third kappa shape index (κ3) is 4.43. The first-order chi connectivity index (χ1) is 6.88. The highest BCUT2D eigenvalue weighted by molar-refractivity contribution is 5.19. The molecule has 1 atom stereocenters. The molecule has 0 heterocycles. The first-order valence-corrected chi connectivity index (χ1v) is 5.54. The molecule has 14 heavy (non-hydrogen) atoms. The molecular weight excluding hydrogens is 172 g/mol. The van der Waals surface area contributed by atoms with Crippen molar-refractivity contribution in [2.24, 2.45) is 0 Å². The van der Waals surface area contributed by atoms with Gasteiger partial charge in [-0.1, -0.05) is 57.5 Å². The van der Waals surface area contributed by atoms with Crippen LogP contribution in [0.4, 0.5) is 0 Å². The minimum absolute atomic E-state index is 0.262. The Bertz CT molecular complexity index is 206. The molecule has 0 unspecified atom stereocenters. The molecular formula is C13H22O. The molecule has 1 rings (SSSR count). The van der Waals surface area contributed by atoms with Gasteiger partial charge in [-0.15, -0.1) is 0 Å². The van der Waals surface area contributed by atoms with Crippen LogP contribution in [-0.4, -0.2) is 11.7 Å². The van der Waals surface area contributed by atoms with Gasteiger partial charge >= 0.3 is 0 Å². The number of benzene rings is 1. The summed E-state index contributed by atoms with van der Waals surface area (Å²) in [4.78, 5) is 0. The van der Waals surface area contributed by atoms with Crippen molar-refractivity contribution in [1.29, 1.82) is 0 Å². The van der Waals surface area contributed by atoms with Crippen LogP contribution in [0.2, 0.25) is 0 Å². The average Bonchev–Trinajstić information content (AvgIpc) is 2.30. The molecule has 0 aromatic heterocycles. The summed E-state index contributed by atoms with van der Waals surface area (Å²) in [5.41, 5.74) is 1.25. The van der Waals surface area contributed by atoms with E-state index in [4.69, 9.17) is 5.11 Å². The number of hydrogen-bond acceptors (Lipinski definition) is 1. The van der Waals surface area contributed by atoms with E-state index in [0.29, 0.717) is 5.92 Å². The summed E-state index contributed by atoms with van der Waals surface area (Å²) >= 11 is 0. The molecule has 1 N–H and O–H groups in total. The normalized spacial score (nSPS) is 11.4. The minimum atomic E-state index is 0.262. The van der Waals surface area contributed by atoms with Crippen molar-refractivity contribution in [3.05, 3.63) is 35.9 Å². The van der Waals surface area contributed by atoms with Crippen molar-refractivity contribution in [3.8, 4) is 0 Å². The first-order valence-electron chi connectivity index (χ1n) is 5.54. The molecule has 80 valence electrons. The number of aliphatic hydroxyl groups is 1. The molecule has 0 saturated heterocycles. The molecule has 0 aliphatic rings. The Balaban J connectivity index is 0.000000791. The van der Waals surface area contributed by atoms with E-state index in [1.165, 1.54) is 5.56 Å². The Morgan fingerprint density at radius 2 is 1.71 bits per heavy atom. The molecule has 0 spiro atoms. The van der Waals surface area contributed by atoms with E-state index in [9.17, 15) is 0 Å². The Kier molecular flexibility index (Phi) is 8.25. The van der Waals surface area contributed by atoms with Gasteiger partial charge in [-0.05, 0) is 12.0 Å². The molecule has 1 aromatic rings. The van der Waals surface area contributed by atoms with Gasteiger partial charge in [-0.25, -0.2) is 0 Å². The highest BCUT2D eigenvalue weighted by Gasteiger charge is 2.07. The lowest BCUT2D eigenvalue weighted by molar-refractivity contribution is 0.258. The SMILES string of the molecule is CC.CCC[C@H](CO)c1ccccc1. The molecule has 1 aromatic carbocycles. The molecule has 0 amide bonds. The Labute approximate surface area is 87.8 Å². The Morgan fingerprint density at radius 1 is 1.14 bits per heavy atom. The Hall–Kier alpha value is -0.820. The number of rotatable bonds is 4. The van der Waals surface area contributed by atoms with Crippen molar-refractivity contribution >= 4 is 0 Å². The van der Waals surface area contributed by atoms with E-state index in [2.05, 4.69) is 19.1 Å². The van der Waals surface area contributed by atoms with Crippen molar-refractivity contribution in [2.45, 2.75) is 39.5 Å². The van der Waals surface area contributed by atoms with Gasteiger partial charge in [-0.3, -0.25) is 0 Å². The van der Waals surface area contributed by atoms with Crippen molar-refractivity contribution < 1.29 is 5.11 Å². The fourth-order valence-corrected chi connectivity index (χ4v) is 1.44. The van der Waals surface area contributed by atoms with Gasteiger partial charge in [0.2, 0.25) is 0 Å². The van der Waals surface area contributed by atoms with E-state index in [1.807, 2.05) is 32.0 Å². The van der Waals surface area contributed by atoms with E-state index in [-0.39, 0.29) is 6.61 Å². The van der Waals surface area contributed by atoms with Gasteiger partial charge in [0.1, 0.15) is 0 Å². The maximum Gasteiger partial charge on any atom is 0.0499 e. The summed E-state index contributed by atoms with van der Waals surface area (Å²) in [6.07, 6.45) is 2.20. The van der Waals surface area contributed by atoms with E-state index in [1.54, 1.807) is 0 Å².